The van der Waals surface area contributed by atoms with Crippen LogP contribution in [0.4, 0.5) is 8.78 Å². The van der Waals surface area contributed by atoms with E-state index in [1.165, 1.54) is 13.1 Å². The quantitative estimate of drug-likeness (QED) is 0.767. The highest BCUT2D eigenvalue weighted by Gasteiger charge is 2.19. The minimum atomic E-state index is -2.66. The normalized spacial score (nSPS) is 10.3. The Labute approximate surface area is 88.7 Å². The Kier molecular flexibility index (Phi) is 3.53. The minimum absolute atomic E-state index is 0.0318. The molecule has 0 aromatic carbocycles. The van der Waals surface area contributed by atoms with Crippen molar-refractivity contribution in [2.24, 2.45) is 0 Å². The molecule has 1 aromatic heterocycles. The molecule has 5 heteroatoms. The predicted octanol–water partition coefficient (Wildman–Crippen LogP) is 3.09. The zero-order chi connectivity index (χ0) is 10.7. The molecule has 0 spiro atoms. The van der Waals surface area contributed by atoms with Crippen molar-refractivity contribution >= 4 is 15.9 Å². The van der Waals surface area contributed by atoms with Gasteiger partial charge in [0.1, 0.15) is 6.07 Å². The fraction of sp³-hybridized carbons (Fsp3) is 0.333. The van der Waals surface area contributed by atoms with Crippen LogP contribution in [-0.4, -0.2) is 4.98 Å². The molecule has 0 aliphatic heterocycles. The summed E-state index contributed by atoms with van der Waals surface area (Å²) in [5.74, 6) is 0. The maximum absolute atomic E-state index is 12.6. The largest absolute Gasteiger partial charge is 0.266 e. The second-order valence-corrected chi connectivity index (χ2v) is 3.26. The van der Waals surface area contributed by atoms with Gasteiger partial charge in [0.2, 0.25) is 0 Å². The lowest BCUT2D eigenvalue weighted by molar-refractivity contribution is 0.149. The van der Waals surface area contributed by atoms with Gasteiger partial charge in [0, 0.05) is 17.2 Å². The molecule has 0 bridgehead atoms. The van der Waals surface area contributed by atoms with Crippen molar-refractivity contribution in [2.75, 3.05) is 0 Å². The van der Waals surface area contributed by atoms with Crippen molar-refractivity contribution in [1.82, 2.24) is 4.98 Å². The molecular weight excluding hydrogens is 254 g/mol. The summed E-state index contributed by atoms with van der Waals surface area (Å²) >= 11 is 3.12. The average Bonchev–Trinajstić information content (AvgIpc) is 2.16. The van der Waals surface area contributed by atoms with Crippen LogP contribution in [0, 0.1) is 18.3 Å². The van der Waals surface area contributed by atoms with Crippen LogP contribution >= 0.6 is 15.9 Å². The highest BCUT2D eigenvalue weighted by Crippen LogP contribution is 2.27. The van der Waals surface area contributed by atoms with Crippen LogP contribution in [0.15, 0.2) is 6.20 Å². The summed E-state index contributed by atoms with van der Waals surface area (Å²) in [7, 11) is 0. The molecule has 1 rings (SSSR count). The van der Waals surface area contributed by atoms with Crippen molar-refractivity contribution in [2.45, 2.75) is 18.7 Å². The number of nitriles is 1. The third-order valence-electron chi connectivity index (χ3n) is 1.87. The number of alkyl halides is 3. The Morgan fingerprint density at radius 2 is 2.29 bits per heavy atom. The van der Waals surface area contributed by atoms with Crippen molar-refractivity contribution in [3.8, 4) is 6.07 Å². The summed E-state index contributed by atoms with van der Waals surface area (Å²) < 4.78 is 25.2. The predicted molar refractivity (Wildman–Crippen MR) is 51.3 cm³/mol. The fourth-order valence-corrected chi connectivity index (χ4v) is 1.59. The van der Waals surface area contributed by atoms with Crippen molar-refractivity contribution in [3.63, 3.8) is 0 Å². The molecular formula is C9H7BrF2N2. The first kappa shape index (κ1) is 11.1. The van der Waals surface area contributed by atoms with Crippen LogP contribution in [0.25, 0.3) is 0 Å². The summed E-state index contributed by atoms with van der Waals surface area (Å²) in [5, 5.41) is 9.12. The van der Waals surface area contributed by atoms with E-state index in [-0.39, 0.29) is 16.8 Å². The summed E-state index contributed by atoms with van der Waals surface area (Å²) in [6.45, 7) is 1.47. The second kappa shape index (κ2) is 4.47. The van der Waals surface area contributed by atoms with Crippen LogP contribution in [0.3, 0.4) is 0 Å². The van der Waals surface area contributed by atoms with E-state index >= 15 is 0 Å². The SMILES string of the molecule is Cc1ncc(CBr)c(C#N)c1C(F)F. The number of aryl methyl sites for hydroxylation is 1. The number of rotatable bonds is 2. The van der Waals surface area contributed by atoms with Crippen molar-refractivity contribution < 1.29 is 8.78 Å². The number of aromatic nitrogens is 1. The fourth-order valence-electron chi connectivity index (χ4n) is 1.16. The second-order valence-electron chi connectivity index (χ2n) is 2.70. The molecule has 1 heterocycles. The lowest BCUT2D eigenvalue weighted by Crippen LogP contribution is -2.01. The summed E-state index contributed by atoms with van der Waals surface area (Å²) in [5.41, 5.74) is 0.475. The molecule has 2 nitrogen and oxygen atoms in total. The maximum Gasteiger partial charge on any atom is 0.266 e. The molecule has 0 saturated carbocycles. The molecule has 0 saturated heterocycles. The molecule has 0 amide bonds. The first-order valence-corrected chi connectivity index (χ1v) is 4.96. The van der Waals surface area contributed by atoms with E-state index in [4.69, 9.17) is 5.26 Å². The zero-order valence-corrected chi connectivity index (χ0v) is 8.98. The van der Waals surface area contributed by atoms with Gasteiger partial charge in [-0.25, -0.2) is 8.78 Å². The summed E-state index contributed by atoms with van der Waals surface area (Å²) in [6, 6.07) is 1.79. The third-order valence-corrected chi connectivity index (χ3v) is 2.47. The average molecular weight is 261 g/mol. The molecule has 74 valence electrons. The Morgan fingerprint density at radius 3 is 2.71 bits per heavy atom. The lowest BCUT2D eigenvalue weighted by atomic mass is 10.0. The molecule has 0 atom stereocenters. The summed E-state index contributed by atoms with van der Waals surface area (Å²) in [4.78, 5) is 3.82. The van der Waals surface area contributed by atoms with Crippen LogP contribution < -0.4 is 0 Å². The third kappa shape index (κ3) is 1.90. The van der Waals surface area contributed by atoms with Gasteiger partial charge < -0.3 is 0 Å². The topological polar surface area (TPSA) is 36.7 Å². The van der Waals surface area contributed by atoms with Gasteiger partial charge in [-0.05, 0) is 12.5 Å². The van der Waals surface area contributed by atoms with Crippen molar-refractivity contribution in [1.29, 1.82) is 5.26 Å². The van der Waals surface area contributed by atoms with Gasteiger partial charge in [-0.15, -0.1) is 0 Å². The van der Waals surface area contributed by atoms with Gasteiger partial charge in [0.15, 0.2) is 0 Å². The van der Waals surface area contributed by atoms with Gasteiger partial charge in [-0.2, -0.15) is 5.26 Å². The Balaban J connectivity index is 3.45. The van der Waals surface area contributed by atoms with E-state index in [2.05, 4.69) is 20.9 Å². The van der Waals surface area contributed by atoms with Gasteiger partial charge >= 0.3 is 0 Å². The Hall–Kier alpha value is -1.02. The minimum Gasteiger partial charge on any atom is -0.261 e. The van der Waals surface area contributed by atoms with Crippen LogP contribution in [-0.2, 0) is 5.33 Å². The molecule has 0 fully saturated rings. The van der Waals surface area contributed by atoms with Gasteiger partial charge in [0.05, 0.1) is 11.1 Å². The molecule has 14 heavy (non-hydrogen) atoms. The maximum atomic E-state index is 12.6. The number of halogens is 3. The molecule has 0 unspecified atom stereocenters. The van der Waals surface area contributed by atoms with E-state index in [9.17, 15) is 8.78 Å². The Bertz CT molecular complexity index is 385. The Morgan fingerprint density at radius 1 is 1.64 bits per heavy atom. The van der Waals surface area contributed by atoms with Gasteiger partial charge in [-0.1, -0.05) is 15.9 Å². The standard InChI is InChI=1S/C9H7BrF2N2/c1-5-8(9(11)12)7(3-13)6(2-10)4-14-5/h4,9H,2H2,1H3. The monoisotopic (exact) mass is 260 g/mol. The number of pyridine rings is 1. The smallest absolute Gasteiger partial charge is 0.261 e. The van der Waals surface area contributed by atoms with E-state index in [1.807, 2.05) is 0 Å². The van der Waals surface area contributed by atoms with E-state index in [0.717, 1.165) is 0 Å². The van der Waals surface area contributed by atoms with E-state index in [1.54, 1.807) is 6.07 Å². The van der Waals surface area contributed by atoms with Crippen LogP contribution in [0.2, 0.25) is 0 Å². The van der Waals surface area contributed by atoms with Gasteiger partial charge in [0.25, 0.3) is 6.43 Å². The number of hydrogen-bond donors (Lipinski definition) is 0. The highest BCUT2D eigenvalue weighted by atomic mass is 79.9. The number of hydrogen-bond acceptors (Lipinski definition) is 2. The highest BCUT2D eigenvalue weighted by molar-refractivity contribution is 9.08. The van der Waals surface area contributed by atoms with E-state index < -0.39 is 6.43 Å². The first-order valence-electron chi connectivity index (χ1n) is 3.84. The summed E-state index contributed by atoms with van der Waals surface area (Å²) in [6.07, 6.45) is -1.22. The molecule has 0 aliphatic carbocycles. The first-order chi connectivity index (χ1) is 6.61. The molecule has 0 N–H and O–H groups in total. The lowest BCUT2D eigenvalue weighted by Gasteiger charge is -2.08. The van der Waals surface area contributed by atoms with Crippen LogP contribution in [0.1, 0.15) is 28.8 Å². The zero-order valence-electron chi connectivity index (χ0n) is 7.39. The number of nitrogens with zero attached hydrogens (tertiary/aromatic N) is 2. The van der Waals surface area contributed by atoms with Crippen molar-refractivity contribution in [3.05, 3.63) is 28.6 Å². The van der Waals surface area contributed by atoms with Gasteiger partial charge in [-0.3, -0.25) is 4.98 Å². The molecule has 0 radical (unpaired) electrons. The molecule has 0 aliphatic rings. The molecule has 1 aromatic rings. The van der Waals surface area contributed by atoms with E-state index in [0.29, 0.717) is 10.9 Å². The van der Waals surface area contributed by atoms with Crippen LogP contribution in [0.5, 0.6) is 0 Å².